The Kier molecular flexibility index (Phi) is 6.36. The van der Waals surface area contributed by atoms with Crippen LogP contribution in [0.15, 0.2) is 29.6 Å². The minimum Gasteiger partial charge on any atom is -0.350 e. The second-order valence-electron chi connectivity index (χ2n) is 8.39. The van der Waals surface area contributed by atoms with Crippen LogP contribution in [-0.2, 0) is 19.2 Å². The molecular weight excluding hydrogens is 428 g/mol. The van der Waals surface area contributed by atoms with Crippen molar-refractivity contribution in [3.8, 4) is 11.3 Å². The van der Waals surface area contributed by atoms with E-state index in [4.69, 9.17) is 0 Å². The number of likely N-dealkylation sites (tertiary alicyclic amines) is 1. The zero-order chi connectivity index (χ0) is 22.8. The van der Waals surface area contributed by atoms with Gasteiger partial charge in [0.1, 0.15) is 6.54 Å². The second kappa shape index (κ2) is 9.20. The van der Waals surface area contributed by atoms with Crippen molar-refractivity contribution in [2.24, 2.45) is 11.8 Å². The van der Waals surface area contributed by atoms with Gasteiger partial charge in [0.15, 0.2) is 5.13 Å². The highest BCUT2D eigenvalue weighted by Crippen LogP contribution is 2.38. The average molecular weight is 455 g/mol. The Hall–Kier alpha value is -3.07. The molecule has 2 N–H and O–H groups in total. The highest BCUT2D eigenvalue weighted by molar-refractivity contribution is 7.14. The molecule has 1 saturated carbocycles. The van der Waals surface area contributed by atoms with E-state index in [0.29, 0.717) is 10.8 Å². The molecule has 2 heterocycles. The van der Waals surface area contributed by atoms with Gasteiger partial charge in [0.25, 0.3) is 0 Å². The minimum atomic E-state index is -0.425. The molecule has 3 atom stereocenters. The van der Waals surface area contributed by atoms with Crippen LogP contribution in [0, 0.1) is 11.8 Å². The molecule has 0 spiro atoms. The van der Waals surface area contributed by atoms with Gasteiger partial charge in [-0.1, -0.05) is 37.1 Å². The summed E-state index contributed by atoms with van der Waals surface area (Å²) in [4.78, 5) is 54.4. The fraction of sp³-hybridized carbons (Fsp3) is 0.435. The summed E-state index contributed by atoms with van der Waals surface area (Å²) < 4.78 is 0. The van der Waals surface area contributed by atoms with E-state index in [0.717, 1.165) is 41.7 Å². The van der Waals surface area contributed by atoms with E-state index in [1.54, 1.807) is 0 Å². The van der Waals surface area contributed by atoms with Crippen LogP contribution in [0.5, 0.6) is 0 Å². The summed E-state index contributed by atoms with van der Waals surface area (Å²) in [5.74, 6) is -1.46. The maximum absolute atomic E-state index is 12.6. The van der Waals surface area contributed by atoms with Gasteiger partial charge in [-0.05, 0) is 25.3 Å². The maximum atomic E-state index is 12.6. The molecule has 1 aromatic carbocycles. The number of thiazole rings is 1. The number of amides is 4. The summed E-state index contributed by atoms with van der Waals surface area (Å²) in [5, 5.41) is 7.80. The molecule has 0 radical (unpaired) electrons. The number of nitrogens with one attached hydrogen (secondary N) is 2. The highest BCUT2D eigenvalue weighted by Gasteiger charge is 2.48. The van der Waals surface area contributed by atoms with Crippen LogP contribution >= 0.6 is 11.3 Å². The van der Waals surface area contributed by atoms with Gasteiger partial charge in [-0.25, -0.2) is 4.98 Å². The quantitative estimate of drug-likeness (QED) is 0.652. The number of carbonyl (C=O) groups is 4. The van der Waals surface area contributed by atoms with Crippen molar-refractivity contribution in [1.29, 1.82) is 0 Å². The fourth-order valence-electron chi connectivity index (χ4n) is 4.48. The van der Waals surface area contributed by atoms with E-state index >= 15 is 0 Å². The van der Waals surface area contributed by atoms with Gasteiger partial charge >= 0.3 is 0 Å². The number of hydrogen-bond acceptors (Lipinski definition) is 6. The predicted molar refractivity (Wildman–Crippen MR) is 121 cm³/mol. The van der Waals surface area contributed by atoms with Crippen molar-refractivity contribution in [1.82, 2.24) is 15.2 Å². The lowest BCUT2D eigenvalue weighted by Crippen LogP contribution is -2.38. The van der Waals surface area contributed by atoms with Crippen LogP contribution in [0.25, 0.3) is 11.3 Å². The monoisotopic (exact) mass is 454 g/mol. The normalized spacial score (nSPS) is 21.2. The van der Waals surface area contributed by atoms with Crippen LogP contribution in [0.1, 0.15) is 51.1 Å². The molecule has 1 aliphatic heterocycles. The summed E-state index contributed by atoms with van der Waals surface area (Å²) in [6, 6.07) is 7.59. The van der Waals surface area contributed by atoms with Crippen molar-refractivity contribution in [2.75, 3.05) is 11.9 Å². The molecule has 168 valence electrons. The van der Waals surface area contributed by atoms with Gasteiger partial charge in [0.2, 0.25) is 23.6 Å². The highest BCUT2D eigenvalue weighted by atomic mass is 32.1. The predicted octanol–water partition coefficient (Wildman–Crippen LogP) is 3.12. The molecule has 8 nitrogen and oxygen atoms in total. The molecule has 32 heavy (non-hydrogen) atoms. The molecule has 9 heteroatoms. The Morgan fingerprint density at radius 2 is 1.75 bits per heavy atom. The molecule has 2 fully saturated rings. The first-order chi connectivity index (χ1) is 15.3. The number of aromatic nitrogens is 1. The molecule has 1 aromatic heterocycles. The number of benzene rings is 1. The molecule has 3 unspecified atom stereocenters. The van der Waals surface area contributed by atoms with Gasteiger partial charge in [0.05, 0.1) is 23.6 Å². The lowest BCUT2D eigenvalue weighted by atomic mass is 9.81. The van der Waals surface area contributed by atoms with Crippen LogP contribution < -0.4 is 10.6 Å². The molecule has 0 bridgehead atoms. The lowest BCUT2D eigenvalue weighted by Gasteiger charge is -2.19. The number of anilines is 1. The Morgan fingerprint density at radius 3 is 2.34 bits per heavy atom. The first-order valence-corrected chi connectivity index (χ1v) is 11.7. The molecule has 1 aliphatic carbocycles. The molecule has 4 rings (SSSR count). The number of nitrogens with zero attached hydrogens (tertiary/aromatic N) is 2. The van der Waals surface area contributed by atoms with Gasteiger partial charge in [-0.3, -0.25) is 24.1 Å². The number of fused-ring (bicyclic) bond motifs is 1. The first-order valence-electron chi connectivity index (χ1n) is 10.8. The number of carbonyl (C=O) groups excluding carboxylic acids is 4. The van der Waals surface area contributed by atoms with E-state index in [9.17, 15) is 19.2 Å². The summed E-state index contributed by atoms with van der Waals surface area (Å²) in [6.07, 6.45) is 3.36. The van der Waals surface area contributed by atoms with E-state index in [2.05, 4.69) is 15.6 Å². The molecule has 2 aromatic rings. The van der Waals surface area contributed by atoms with Gasteiger partial charge in [-0.2, -0.15) is 0 Å². The average Bonchev–Trinajstić information content (AvgIpc) is 3.32. The van der Waals surface area contributed by atoms with Crippen LogP contribution in [0.4, 0.5) is 5.13 Å². The second-order valence-corrected chi connectivity index (χ2v) is 9.25. The Balaban J connectivity index is 1.37. The Labute approximate surface area is 190 Å². The smallest absolute Gasteiger partial charge is 0.246 e. The summed E-state index contributed by atoms with van der Waals surface area (Å²) in [7, 11) is 0. The van der Waals surface area contributed by atoms with E-state index in [-0.39, 0.29) is 42.1 Å². The van der Waals surface area contributed by atoms with Crippen LogP contribution in [0.2, 0.25) is 0 Å². The van der Waals surface area contributed by atoms with Crippen molar-refractivity contribution in [3.63, 3.8) is 0 Å². The Bertz CT molecular complexity index is 1020. The molecule has 1 saturated heterocycles. The molecule has 4 amide bonds. The third-order valence-electron chi connectivity index (χ3n) is 6.11. The number of rotatable bonds is 6. The van der Waals surface area contributed by atoms with Crippen molar-refractivity contribution >= 4 is 40.1 Å². The van der Waals surface area contributed by atoms with Gasteiger partial charge in [0, 0.05) is 17.9 Å². The SMILES string of the molecule is CC(=O)NC(C)c1ccc(-c2csc(NC(=O)CN3C(=O)C4CCCCC4C3=O)n2)cc1. The number of imide groups is 1. The van der Waals surface area contributed by atoms with E-state index in [1.165, 1.54) is 18.3 Å². The fourth-order valence-corrected chi connectivity index (χ4v) is 5.22. The minimum absolute atomic E-state index is 0.0856. The van der Waals surface area contributed by atoms with Crippen molar-refractivity contribution in [2.45, 2.75) is 45.6 Å². The third kappa shape index (κ3) is 4.57. The zero-order valence-electron chi connectivity index (χ0n) is 18.1. The molecule has 2 aliphatic rings. The summed E-state index contributed by atoms with van der Waals surface area (Å²) in [6.45, 7) is 3.13. The largest absolute Gasteiger partial charge is 0.350 e. The maximum Gasteiger partial charge on any atom is 0.246 e. The lowest BCUT2D eigenvalue weighted by molar-refractivity contribution is -0.142. The standard InChI is InChI=1S/C23H26N4O4S/c1-13(24-14(2)28)15-7-9-16(10-8-15)19-12-32-23(25-19)26-20(29)11-27-21(30)17-5-3-4-6-18(17)22(27)31/h7-10,12-13,17-18H,3-6,11H2,1-2H3,(H,24,28)(H,25,26,29). The Morgan fingerprint density at radius 1 is 1.12 bits per heavy atom. The van der Waals surface area contributed by atoms with Crippen LogP contribution in [-0.4, -0.2) is 40.1 Å². The van der Waals surface area contributed by atoms with Crippen LogP contribution in [0.3, 0.4) is 0 Å². The van der Waals surface area contributed by atoms with E-state index < -0.39 is 5.91 Å². The van der Waals surface area contributed by atoms with Crippen molar-refractivity contribution in [3.05, 3.63) is 35.2 Å². The van der Waals surface area contributed by atoms with Crippen molar-refractivity contribution < 1.29 is 19.2 Å². The topological polar surface area (TPSA) is 108 Å². The van der Waals surface area contributed by atoms with E-state index in [1.807, 2.05) is 36.6 Å². The number of hydrogen-bond donors (Lipinski definition) is 2. The summed E-state index contributed by atoms with van der Waals surface area (Å²) in [5.41, 5.74) is 2.58. The summed E-state index contributed by atoms with van der Waals surface area (Å²) >= 11 is 1.28. The van der Waals surface area contributed by atoms with Gasteiger partial charge < -0.3 is 10.6 Å². The molecular formula is C23H26N4O4S. The first kappa shape index (κ1) is 22.1. The zero-order valence-corrected chi connectivity index (χ0v) is 18.9. The van der Waals surface area contributed by atoms with Gasteiger partial charge in [-0.15, -0.1) is 11.3 Å². The third-order valence-corrected chi connectivity index (χ3v) is 6.87.